The number of hydrogen-bond donors (Lipinski definition) is 4. The van der Waals surface area contributed by atoms with Crippen LogP contribution in [0.2, 0.25) is 0 Å². The molecule has 2 aromatic rings. The number of aliphatic hydroxyl groups is 2. The first-order valence-electron chi connectivity index (χ1n) is 17.0. The van der Waals surface area contributed by atoms with Crippen LogP contribution >= 0.6 is 0 Å². The van der Waals surface area contributed by atoms with Gasteiger partial charge in [0.05, 0.1) is 17.1 Å². The zero-order valence-corrected chi connectivity index (χ0v) is 28.3. The second kappa shape index (κ2) is 11.8. The highest BCUT2D eigenvalue weighted by molar-refractivity contribution is 7.89. The monoisotopic (exact) mass is 640 g/mol. The molecule has 4 N–H and O–H groups in total. The molecule has 0 saturated heterocycles. The first kappa shape index (κ1) is 32.7. The number of nitrogens with one attached hydrogen (secondary N) is 1. The molecule has 0 amide bonds. The van der Waals surface area contributed by atoms with Gasteiger partial charge in [0.2, 0.25) is 10.0 Å². The van der Waals surface area contributed by atoms with Gasteiger partial charge in [-0.2, -0.15) is 0 Å². The Morgan fingerprint density at radius 2 is 1.71 bits per heavy atom. The van der Waals surface area contributed by atoms with E-state index in [1.165, 1.54) is 0 Å². The maximum absolute atomic E-state index is 13.9. The third-order valence-electron chi connectivity index (χ3n) is 13.3. The average molecular weight is 641 g/mol. The van der Waals surface area contributed by atoms with E-state index >= 15 is 0 Å². The van der Waals surface area contributed by atoms with Crippen molar-refractivity contribution < 1.29 is 28.5 Å². The summed E-state index contributed by atoms with van der Waals surface area (Å²) in [5, 5.41) is 34.5. The van der Waals surface area contributed by atoms with Crippen LogP contribution in [-0.2, 0) is 14.8 Å². The molecule has 0 heterocycles. The lowest BCUT2D eigenvalue weighted by Gasteiger charge is -2.63. The topological polar surface area (TPSA) is 127 Å². The Kier molecular flexibility index (Phi) is 8.58. The summed E-state index contributed by atoms with van der Waals surface area (Å²) in [6.45, 7) is 6.67. The fourth-order valence-corrected chi connectivity index (χ4v) is 12.5. The van der Waals surface area contributed by atoms with Crippen LogP contribution in [0.1, 0.15) is 78.6 Å². The molecule has 4 fully saturated rings. The lowest BCUT2D eigenvalue weighted by atomic mass is 9.43. The molecule has 11 atom stereocenters. The van der Waals surface area contributed by atoms with Gasteiger partial charge >= 0.3 is 5.97 Å². The van der Waals surface area contributed by atoms with Crippen LogP contribution in [0.3, 0.4) is 0 Å². The fraction of sp³-hybridized carbons (Fsp3) is 0.694. The molecule has 4 aliphatic carbocycles. The van der Waals surface area contributed by atoms with Gasteiger partial charge in [-0.15, -0.1) is 0 Å². The molecule has 248 valence electrons. The molecule has 0 radical (unpaired) electrons. The van der Waals surface area contributed by atoms with Gasteiger partial charge in [-0.25, -0.2) is 13.1 Å². The lowest BCUT2D eigenvalue weighted by Crippen LogP contribution is -2.63. The Bertz CT molecular complexity index is 1550. The number of aliphatic hydroxyl groups excluding tert-OH is 2. The number of carboxylic acids is 1. The summed E-state index contributed by atoms with van der Waals surface area (Å²) in [6.07, 6.45) is 5.24. The van der Waals surface area contributed by atoms with E-state index in [9.17, 15) is 28.5 Å². The van der Waals surface area contributed by atoms with Crippen molar-refractivity contribution in [3.05, 3.63) is 36.4 Å². The molecule has 45 heavy (non-hydrogen) atoms. The Labute approximate surface area is 268 Å². The third kappa shape index (κ3) is 5.39. The summed E-state index contributed by atoms with van der Waals surface area (Å²) in [7, 11) is 0.125. The molecule has 6 rings (SSSR count). The number of benzene rings is 2. The van der Waals surface area contributed by atoms with Crippen LogP contribution in [0, 0.1) is 46.3 Å². The van der Waals surface area contributed by atoms with Gasteiger partial charge in [-0.05, 0) is 110 Å². The van der Waals surface area contributed by atoms with Crippen molar-refractivity contribution in [3.63, 3.8) is 0 Å². The number of carboxylic acid groups (broad SMARTS) is 1. The molecule has 8 nitrogen and oxygen atoms in total. The maximum atomic E-state index is 13.9. The van der Waals surface area contributed by atoms with E-state index < -0.39 is 28.2 Å². The molecular weight excluding hydrogens is 588 g/mol. The minimum atomic E-state index is -3.78. The van der Waals surface area contributed by atoms with Crippen LogP contribution in [0.4, 0.5) is 5.69 Å². The second-order valence-corrected chi connectivity index (χ2v) is 17.3. The molecular formula is C36H52N2O6S. The molecule has 0 spiro atoms. The summed E-state index contributed by atoms with van der Waals surface area (Å²) < 4.78 is 30.8. The predicted molar refractivity (Wildman–Crippen MR) is 176 cm³/mol. The van der Waals surface area contributed by atoms with Crippen molar-refractivity contribution in [2.75, 3.05) is 19.0 Å². The van der Waals surface area contributed by atoms with Crippen molar-refractivity contribution in [2.45, 2.75) is 102 Å². The van der Waals surface area contributed by atoms with E-state index in [1.807, 2.05) is 49.3 Å². The number of carbonyl (C=O) groups is 1. The molecule has 9 heteroatoms. The molecule has 0 aliphatic heterocycles. The van der Waals surface area contributed by atoms with Gasteiger partial charge in [-0.3, -0.25) is 4.79 Å². The maximum Gasteiger partial charge on any atom is 0.303 e. The van der Waals surface area contributed by atoms with E-state index in [1.54, 1.807) is 6.07 Å². The number of hydrogen-bond acceptors (Lipinski definition) is 6. The van der Waals surface area contributed by atoms with E-state index in [0.717, 1.165) is 36.8 Å². The number of sulfonamides is 1. The zero-order chi connectivity index (χ0) is 32.5. The van der Waals surface area contributed by atoms with Crippen LogP contribution in [0.15, 0.2) is 41.3 Å². The predicted octanol–water partition coefficient (Wildman–Crippen LogP) is 5.65. The number of rotatable bonds is 8. The van der Waals surface area contributed by atoms with Crippen LogP contribution < -0.4 is 9.62 Å². The van der Waals surface area contributed by atoms with E-state index in [-0.39, 0.29) is 58.8 Å². The van der Waals surface area contributed by atoms with E-state index in [0.29, 0.717) is 36.0 Å². The SMILES string of the molecule is C[C@H](CCC(=O)O)[C@H]1CC[C@H]2[C@@H]3[C@H](O)C[C@@H]4C[C@@H](NS(=O)(=O)c5cccc6c(N(C)C)cccc56)CC[C@]4(C)[C@H]3C[C@H](O)[C@]12C. The van der Waals surface area contributed by atoms with Crippen molar-refractivity contribution in [2.24, 2.45) is 46.3 Å². The van der Waals surface area contributed by atoms with E-state index in [2.05, 4.69) is 25.5 Å². The zero-order valence-electron chi connectivity index (χ0n) is 27.4. The van der Waals surface area contributed by atoms with Gasteiger partial charge in [0.15, 0.2) is 0 Å². The fourth-order valence-electron chi connectivity index (χ4n) is 11.0. The highest BCUT2D eigenvalue weighted by atomic mass is 32.2. The summed E-state index contributed by atoms with van der Waals surface area (Å²) in [6, 6.07) is 11.0. The summed E-state index contributed by atoms with van der Waals surface area (Å²) in [5.74, 6) is 0.298. The number of aliphatic carboxylic acids is 1. The molecule has 4 aliphatic rings. The normalized spacial score (nSPS) is 38.6. The Hall–Kier alpha value is -2.20. The van der Waals surface area contributed by atoms with E-state index in [4.69, 9.17) is 0 Å². The number of fused-ring (bicyclic) bond motifs is 6. The van der Waals surface area contributed by atoms with Crippen LogP contribution in [0.25, 0.3) is 10.8 Å². The minimum Gasteiger partial charge on any atom is -0.481 e. The second-order valence-electron chi connectivity index (χ2n) is 15.6. The van der Waals surface area contributed by atoms with Gasteiger partial charge in [-0.1, -0.05) is 45.0 Å². The third-order valence-corrected chi connectivity index (χ3v) is 14.9. The van der Waals surface area contributed by atoms with Gasteiger partial charge < -0.3 is 20.2 Å². The van der Waals surface area contributed by atoms with Crippen LogP contribution in [0.5, 0.6) is 0 Å². The number of anilines is 1. The lowest BCUT2D eigenvalue weighted by molar-refractivity contribution is -0.202. The standard InChI is InChI=1S/C36H52N2O6S/c1-21(12-15-33(41)42)26-13-14-27-34-28(20-32(40)36(26,27)3)35(2)17-16-23(18-22(35)19-30(34)39)37-45(43,44)31-11-7-8-24-25(31)9-6-10-29(24)38(4)5/h6-11,21-23,26-28,30,32,34,37,39-40H,12-20H2,1-5H3,(H,41,42)/t21-,22+,23+,26-,27+,28+,30-,32+,34+,35+,36-/m1/s1. The van der Waals surface area contributed by atoms with Crippen molar-refractivity contribution in [3.8, 4) is 0 Å². The van der Waals surface area contributed by atoms with Crippen molar-refractivity contribution in [1.29, 1.82) is 0 Å². The van der Waals surface area contributed by atoms with Gasteiger partial charge in [0.25, 0.3) is 0 Å². The Morgan fingerprint density at radius 3 is 2.42 bits per heavy atom. The highest BCUT2D eigenvalue weighted by Crippen LogP contribution is 2.68. The first-order valence-corrected chi connectivity index (χ1v) is 18.5. The summed E-state index contributed by atoms with van der Waals surface area (Å²) >= 11 is 0. The minimum absolute atomic E-state index is 0.0821. The molecule has 4 saturated carbocycles. The average Bonchev–Trinajstić information content (AvgIpc) is 3.34. The first-order chi connectivity index (χ1) is 21.2. The van der Waals surface area contributed by atoms with Gasteiger partial charge in [0, 0.05) is 43.0 Å². The molecule has 2 aromatic carbocycles. The summed E-state index contributed by atoms with van der Waals surface area (Å²) in [4.78, 5) is 13.6. The molecule has 0 bridgehead atoms. The Morgan fingerprint density at radius 1 is 1.00 bits per heavy atom. The smallest absolute Gasteiger partial charge is 0.303 e. The summed E-state index contributed by atoms with van der Waals surface area (Å²) in [5.41, 5.74) is 0.556. The quantitative estimate of drug-likeness (QED) is 0.294. The van der Waals surface area contributed by atoms with Crippen molar-refractivity contribution in [1.82, 2.24) is 4.72 Å². The van der Waals surface area contributed by atoms with Gasteiger partial charge in [0.1, 0.15) is 0 Å². The molecule has 0 aromatic heterocycles. The van der Waals surface area contributed by atoms with Crippen molar-refractivity contribution >= 4 is 32.5 Å². The Balaban J connectivity index is 1.21. The van der Waals surface area contributed by atoms with Crippen LogP contribution in [-0.4, -0.2) is 62.1 Å². The molecule has 0 unspecified atom stereocenters. The largest absolute Gasteiger partial charge is 0.481 e. The number of nitrogens with zero attached hydrogens (tertiary/aromatic N) is 1. The highest BCUT2D eigenvalue weighted by Gasteiger charge is 2.65.